The average molecular weight is 984 g/mol. The van der Waals surface area contributed by atoms with Crippen molar-refractivity contribution < 1.29 is 43.2 Å². The third-order valence-electron chi connectivity index (χ3n) is 9.99. The fourth-order valence-electron chi connectivity index (χ4n) is 5.91. The van der Waals surface area contributed by atoms with Crippen LogP contribution in [0.5, 0.6) is 0 Å². The van der Waals surface area contributed by atoms with Crippen LogP contribution < -0.4 is 22.1 Å². The number of aliphatic hydroxyl groups excluding tert-OH is 1. The lowest BCUT2D eigenvalue weighted by Gasteiger charge is -2.41. The van der Waals surface area contributed by atoms with E-state index in [0.29, 0.717) is 19.6 Å². The van der Waals surface area contributed by atoms with Crippen LogP contribution in [-0.2, 0) is 38.1 Å². The standard InChI is InChI=1S/C37H42N4O7S4.C11H23NO2/c1-36(45-3,24-46-34(43)20-22-40-28-8-16-32(17-9-28)51-49-30-12-4-26(38)5-13-30)37(2,47-25-42)48-35(44)21-23-41-29-10-18-33(19-11-29)52-50-31-14-6-27(39)7-15-31;1-2-7-12(9-6-11-14)8-4-3-5-10-13/h4-19,25,40-41H,20-24,38-39H2,1-3H3;11,13H,2-10H2,1H3/t36-,37?;/m1./s1. The first-order valence-corrected chi connectivity index (χ1v) is 26.0. The summed E-state index contributed by atoms with van der Waals surface area (Å²) in [5.74, 6) is -3.04. The van der Waals surface area contributed by atoms with E-state index in [4.69, 9.17) is 35.5 Å². The molecule has 4 rings (SSSR count). The molecule has 0 fully saturated rings. The van der Waals surface area contributed by atoms with Gasteiger partial charge in [-0.15, -0.1) is 0 Å². The van der Waals surface area contributed by atoms with E-state index < -0.39 is 23.3 Å². The second-order valence-corrected chi connectivity index (χ2v) is 19.7. The first-order valence-electron chi connectivity index (χ1n) is 21.7. The topological polar surface area (TPSA) is 205 Å². The van der Waals surface area contributed by atoms with Crippen LogP contribution in [0.15, 0.2) is 117 Å². The van der Waals surface area contributed by atoms with E-state index in [1.54, 1.807) is 43.2 Å². The minimum atomic E-state index is -1.88. The fraction of sp³-hybridized carbons (Fsp3) is 0.417. The number of anilines is 4. The molecule has 0 aliphatic carbocycles. The van der Waals surface area contributed by atoms with Gasteiger partial charge in [0.25, 0.3) is 12.3 Å². The molecular weight excluding hydrogens is 919 g/mol. The Morgan fingerprint density at radius 3 is 1.58 bits per heavy atom. The number of hydrogen-bond acceptors (Lipinski definition) is 18. The Morgan fingerprint density at radius 2 is 1.15 bits per heavy atom. The van der Waals surface area contributed by atoms with Crippen molar-refractivity contribution in [2.75, 3.05) is 75.1 Å². The monoisotopic (exact) mass is 983 g/mol. The summed E-state index contributed by atoms with van der Waals surface area (Å²) in [6.07, 6.45) is 5.88. The molecule has 0 spiro atoms. The highest BCUT2D eigenvalue weighted by Gasteiger charge is 2.52. The molecule has 2 atom stereocenters. The summed E-state index contributed by atoms with van der Waals surface area (Å²) >= 11 is 0. The van der Waals surface area contributed by atoms with Crippen molar-refractivity contribution >= 4 is 90.6 Å². The number of rotatable bonds is 31. The van der Waals surface area contributed by atoms with Crippen LogP contribution in [0.2, 0.25) is 0 Å². The van der Waals surface area contributed by atoms with Crippen LogP contribution >= 0.6 is 43.2 Å². The van der Waals surface area contributed by atoms with E-state index >= 15 is 0 Å². The normalized spacial score (nSPS) is 12.7. The molecule has 360 valence electrons. The van der Waals surface area contributed by atoms with Gasteiger partial charge in [0.2, 0.25) is 0 Å². The van der Waals surface area contributed by atoms with Crippen LogP contribution in [0.3, 0.4) is 0 Å². The Kier molecular flexibility index (Phi) is 26.5. The van der Waals surface area contributed by atoms with Crippen molar-refractivity contribution in [3.63, 3.8) is 0 Å². The highest BCUT2D eigenvalue weighted by atomic mass is 33.1. The molecule has 0 saturated carbocycles. The molecule has 0 aliphatic heterocycles. The molecule has 0 amide bonds. The summed E-state index contributed by atoms with van der Waals surface area (Å²) in [5.41, 5.74) is 13.1. The van der Waals surface area contributed by atoms with Crippen molar-refractivity contribution in [2.45, 2.75) is 96.7 Å². The summed E-state index contributed by atoms with van der Waals surface area (Å²) in [7, 11) is 7.87. The summed E-state index contributed by atoms with van der Waals surface area (Å²) in [5, 5.41) is 15.0. The van der Waals surface area contributed by atoms with Gasteiger partial charge in [0.1, 0.15) is 12.9 Å². The number of carbonyl (C=O) groups is 4. The molecule has 66 heavy (non-hydrogen) atoms. The number of nitrogens with two attached hydrogens (primary N) is 2. The van der Waals surface area contributed by atoms with Crippen molar-refractivity contribution in [1.29, 1.82) is 0 Å². The first-order chi connectivity index (χ1) is 31.8. The van der Waals surface area contributed by atoms with Gasteiger partial charge in [-0.25, -0.2) is 0 Å². The molecule has 0 saturated heterocycles. The van der Waals surface area contributed by atoms with E-state index in [-0.39, 0.29) is 32.5 Å². The van der Waals surface area contributed by atoms with E-state index in [1.165, 1.54) is 21.0 Å². The van der Waals surface area contributed by atoms with Gasteiger partial charge in [-0.3, -0.25) is 14.4 Å². The quantitative estimate of drug-likeness (QED) is 0.00795. The maximum absolute atomic E-state index is 12.9. The second kappa shape index (κ2) is 31.4. The van der Waals surface area contributed by atoms with E-state index in [2.05, 4.69) is 22.5 Å². The maximum atomic E-state index is 12.9. The fourth-order valence-corrected chi connectivity index (χ4v) is 9.77. The van der Waals surface area contributed by atoms with Crippen LogP contribution in [0.1, 0.15) is 65.7 Å². The Bertz CT molecular complexity index is 2000. The minimum absolute atomic E-state index is 0.0341. The van der Waals surface area contributed by atoms with Gasteiger partial charge in [-0.1, -0.05) is 50.1 Å². The van der Waals surface area contributed by atoms with Crippen LogP contribution in [0.4, 0.5) is 22.7 Å². The van der Waals surface area contributed by atoms with Gasteiger partial charge in [0.05, 0.1) is 12.8 Å². The lowest BCUT2D eigenvalue weighted by molar-refractivity contribution is -0.289. The molecule has 0 aliphatic rings. The van der Waals surface area contributed by atoms with E-state index in [0.717, 1.165) is 93.9 Å². The number of nitrogens with zero attached hydrogens (tertiary/aromatic N) is 1. The number of esters is 2. The molecule has 14 nitrogen and oxygen atoms in total. The van der Waals surface area contributed by atoms with Gasteiger partial charge in [-0.2, -0.15) is 0 Å². The molecule has 0 aromatic heterocycles. The summed E-state index contributed by atoms with van der Waals surface area (Å²) in [6.45, 7) is 8.80. The molecule has 1 unspecified atom stereocenters. The van der Waals surface area contributed by atoms with Gasteiger partial charge < -0.3 is 55.8 Å². The molecule has 0 bridgehead atoms. The zero-order chi connectivity index (χ0) is 48.0. The summed E-state index contributed by atoms with van der Waals surface area (Å²) in [6, 6.07) is 31.0. The lowest BCUT2D eigenvalue weighted by Crippen LogP contribution is -2.58. The molecule has 0 radical (unpaired) electrons. The highest BCUT2D eigenvalue weighted by molar-refractivity contribution is 8.77. The number of nitrogen functional groups attached to an aromatic ring is 2. The number of ether oxygens (including phenoxy) is 4. The molecule has 18 heteroatoms. The van der Waals surface area contributed by atoms with Crippen LogP contribution in [0, 0.1) is 0 Å². The maximum Gasteiger partial charge on any atom is 0.310 e. The van der Waals surface area contributed by atoms with Crippen molar-refractivity contribution in [3.05, 3.63) is 97.1 Å². The number of methoxy groups -OCH3 is 1. The van der Waals surface area contributed by atoms with Gasteiger partial charge in [0, 0.05) is 89.0 Å². The van der Waals surface area contributed by atoms with Gasteiger partial charge in [-0.05, 0) is 143 Å². The Hall–Kier alpha value is -4.56. The molecule has 7 N–H and O–H groups in total. The Balaban J connectivity index is 0.000000710. The van der Waals surface area contributed by atoms with Gasteiger partial charge >= 0.3 is 11.9 Å². The molecule has 4 aromatic carbocycles. The summed E-state index contributed by atoms with van der Waals surface area (Å²) in [4.78, 5) is 53.9. The predicted octanol–water partition coefficient (Wildman–Crippen LogP) is 9.58. The minimum Gasteiger partial charge on any atom is -0.462 e. The zero-order valence-corrected chi connectivity index (χ0v) is 41.5. The number of aldehydes is 1. The number of benzene rings is 4. The highest BCUT2D eigenvalue weighted by Crippen LogP contribution is 2.39. The molecule has 0 heterocycles. The Morgan fingerprint density at radius 1 is 0.682 bits per heavy atom. The number of hydrogen-bond donors (Lipinski definition) is 5. The Labute approximate surface area is 405 Å². The van der Waals surface area contributed by atoms with Crippen LogP contribution in [0.25, 0.3) is 0 Å². The summed E-state index contributed by atoms with van der Waals surface area (Å²) < 4.78 is 21.9. The predicted molar refractivity (Wildman–Crippen MR) is 271 cm³/mol. The van der Waals surface area contributed by atoms with E-state index in [1.807, 2.05) is 97.1 Å². The van der Waals surface area contributed by atoms with Crippen molar-refractivity contribution in [1.82, 2.24) is 4.90 Å². The van der Waals surface area contributed by atoms with Crippen molar-refractivity contribution in [2.24, 2.45) is 0 Å². The van der Waals surface area contributed by atoms with Crippen LogP contribution in [-0.4, -0.2) is 99.1 Å². The smallest absolute Gasteiger partial charge is 0.310 e. The SMILES string of the molecule is CCCN(CCC=O)CCCCCO.CO[C@](C)(COC(=O)CCNc1ccc(SSc2ccc(N)cc2)cc1)C(C)(OC=O)OC(=O)CCNc1ccc(SSc2ccc(N)cc2)cc1. The third kappa shape index (κ3) is 21.4. The third-order valence-corrected chi connectivity index (χ3v) is 14.8. The van der Waals surface area contributed by atoms with Crippen molar-refractivity contribution in [3.8, 4) is 0 Å². The number of carbonyl (C=O) groups excluding carboxylic acids is 4. The number of unbranched alkanes of at least 4 members (excludes halogenated alkanes) is 2. The number of nitrogens with one attached hydrogen (secondary N) is 2. The van der Waals surface area contributed by atoms with E-state index in [9.17, 15) is 19.2 Å². The number of aliphatic hydroxyl groups is 1. The molecular formula is C48H65N5O9S4. The van der Waals surface area contributed by atoms with Gasteiger partial charge in [0.15, 0.2) is 5.60 Å². The lowest BCUT2D eigenvalue weighted by atomic mass is 9.96. The largest absolute Gasteiger partial charge is 0.462 e. The molecule has 4 aromatic rings. The zero-order valence-electron chi connectivity index (χ0n) is 38.2. The second-order valence-electron chi connectivity index (χ2n) is 15.2. The first kappa shape index (κ1) is 55.8. The average Bonchev–Trinajstić information content (AvgIpc) is 3.32.